The van der Waals surface area contributed by atoms with Gasteiger partial charge in [-0.25, -0.2) is 0 Å². The van der Waals surface area contributed by atoms with Crippen molar-refractivity contribution in [2.24, 2.45) is 10.2 Å². The first kappa shape index (κ1) is 16.6. The van der Waals surface area contributed by atoms with Crippen molar-refractivity contribution in [3.8, 4) is 12.3 Å². The number of nitrogens with zero attached hydrogens (tertiary/aromatic N) is 5. The number of rotatable bonds is 6. The summed E-state index contributed by atoms with van der Waals surface area (Å²) in [4.78, 5) is 18.5. The molecule has 0 saturated carbocycles. The van der Waals surface area contributed by atoms with E-state index < -0.39 is 5.66 Å². The van der Waals surface area contributed by atoms with Crippen molar-refractivity contribution in [2.75, 3.05) is 13.1 Å². The zero-order chi connectivity index (χ0) is 17.2. The van der Waals surface area contributed by atoms with E-state index in [9.17, 15) is 4.79 Å². The fraction of sp³-hybridized carbons (Fsp3) is 0.688. The number of hydrogen-bond acceptors (Lipinski definition) is 7. The van der Waals surface area contributed by atoms with Gasteiger partial charge in [0.05, 0.1) is 12.6 Å². The Morgan fingerprint density at radius 3 is 2.83 bits per heavy atom. The molecule has 1 aromatic rings. The minimum absolute atomic E-state index is 0.0590. The van der Waals surface area contributed by atoms with Crippen LogP contribution in [0.2, 0.25) is 0 Å². The monoisotopic (exact) mass is 331 g/mol. The van der Waals surface area contributed by atoms with E-state index in [1.807, 2.05) is 6.92 Å². The maximum absolute atomic E-state index is 12.6. The fourth-order valence-corrected chi connectivity index (χ4v) is 2.87. The zero-order valence-corrected chi connectivity index (χ0v) is 13.9. The van der Waals surface area contributed by atoms with Crippen LogP contribution in [0.25, 0.3) is 0 Å². The number of morpholine rings is 1. The molecule has 0 unspecified atom stereocenters. The molecule has 0 bridgehead atoms. The lowest BCUT2D eigenvalue weighted by Gasteiger charge is -2.35. The van der Waals surface area contributed by atoms with E-state index in [-0.39, 0.29) is 18.1 Å². The van der Waals surface area contributed by atoms with Crippen LogP contribution in [-0.2, 0) is 9.53 Å². The van der Waals surface area contributed by atoms with Gasteiger partial charge in [-0.1, -0.05) is 5.16 Å². The predicted octanol–water partition coefficient (Wildman–Crippen LogP) is 2.02. The SMILES string of the molecule is C#CCCC1(CCC(=O)N2C[C@@H](C)O[C@@H](c3nc(C)no3)C2)N=N1. The van der Waals surface area contributed by atoms with E-state index in [1.165, 1.54) is 0 Å². The molecule has 8 nitrogen and oxygen atoms in total. The van der Waals surface area contributed by atoms with Crippen LogP contribution < -0.4 is 0 Å². The molecule has 3 heterocycles. The third-order valence-corrected chi connectivity index (χ3v) is 4.22. The number of carbonyl (C=O) groups excluding carboxylic acids is 1. The van der Waals surface area contributed by atoms with Gasteiger partial charge >= 0.3 is 0 Å². The normalized spacial score (nSPS) is 24.6. The van der Waals surface area contributed by atoms with Crippen molar-refractivity contribution in [3.05, 3.63) is 11.7 Å². The molecule has 1 fully saturated rings. The molecule has 1 aromatic heterocycles. The largest absolute Gasteiger partial charge is 0.362 e. The molecule has 24 heavy (non-hydrogen) atoms. The van der Waals surface area contributed by atoms with Crippen LogP contribution in [0.3, 0.4) is 0 Å². The Balaban J connectivity index is 1.55. The van der Waals surface area contributed by atoms with Gasteiger partial charge in [0, 0.05) is 32.2 Å². The van der Waals surface area contributed by atoms with E-state index in [0.717, 1.165) is 0 Å². The second-order valence-corrected chi connectivity index (χ2v) is 6.30. The molecule has 128 valence electrons. The number of carbonyl (C=O) groups is 1. The van der Waals surface area contributed by atoms with Crippen molar-refractivity contribution in [1.82, 2.24) is 15.0 Å². The quantitative estimate of drug-likeness (QED) is 0.743. The van der Waals surface area contributed by atoms with Crippen LogP contribution in [0.1, 0.15) is 50.4 Å². The minimum Gasteiger partial charge on any atom is -0.362 e. The highest BCUT2D eigenvalue weighted by molar-refractivity contribution is 5.76. The number of terminal acetylenes is 1. The molecule has 0 aliphatic carbocycles. The van der Waals surface area contributed by atoms with Gasteiger partial charge in [0.2, 0.25) is 5.91 Å². The first-order valence-electron chi connectivity index (χ1n) is 8.12. The lowest BCUT2D eigenvalue weighted by Crippen LogP contribution is -2.46. The Labute approximate surface area is 140 Å². The second-order valence-electron chi connectivity index (χ2n) is 6.30. The first-order valence-corrected chi connectivity index (χ1v) is 8.12. The van der Waals surface area contributed by atoms with Gasteiger partial charge < -0.3 is 14.2 Å². The molecular weight excluding hydrogens is 310 g/mol. The van der Waals surface area contributed by atoms with Gasteiger partial charge in [-0.2, -0.15) is 15.2 Å². The number of amides is 1. The summed E-state index contributed by atoms with van der Waals surface area (Å²) in [6, 6.07) is 0. The molecule has 8 heteroatoms. The molecule has 0 radical (unpaired) electrons. The number of ether oxygens (including phenoxy) is 1. The number of hydrogen-bond donors (Lipinski definition) is 0. The summed E-state index contributed by atoms with van der Waals surface area (Å²) in [6.45, 7) is 4.64. The molecular formula is C16H21N5O3. The third-order valence-electron chi connectivity index (χ3n) is 4.22. The second kappa shape index (κ2) is 6.69. The van der Waals surface area contributed by atoms with Crippen molar-refractivity contribution < 1.29 is 14.1 Å². The lowest BCUT2D eigenvalue weighted by atomic mass is 10.0. The van der Waals surface area contributed by atoms with E-state index in [1.54, 1.807) is 11.8 Å². The van der Waals surface area contributed by atoms with Gasteiger partial charge in [0.1, 0.15) is 0 Å². The summed E-state index contributed by atoms with van der Waals surface area (Å²) >= 11 is 0. The molecule has 1 amide bonds. The Kier molecular flexibility index (Phi) is 4.62. The van der Waals surface area contributed by atoms with E-state index in [4.69, 9.17) is 15.7 Å². The maximum atomic E-state index is 12.6. The molecule has 0 aromatic carbocycles. The number of aromatic nitrogens is 2. The van der Waals surface area contributed by atoms with Crippen molar-refractivity contribution in [1.29, 1.82) is 0 Å². The van der Waals surface area contributed by atoms with Crippen LogP contribution in [0.4, 0.5) is 0 Å². The molecule has 3 rings (SSSR count). The highest BCUT2D eigenvalue weighted by Crippen LogP contribution is 2.38. The highest BCUT2D eigenvalue weighted by Gasteiger charge is 2.40. The predicted molar refractivity (Wildman–Crippen MR) is 83.8 cm³/mol. The summed E-state index contributed by atoms with van der Waals surface area (Å²) in [5, 5.41) is 11.9. The van der Waals surface area contributed by atoms with E-state index in [0.29, 0.717) is 50.5 Å². The molecule has 2 aliphatic heterocycles. The Hall–Kier alpha value is -2.27. The van der Waals surface area contributed by atoms with Gasteiger partial charge in [-0.3, -0.25) is 4.79 Å². The average Bonchev–Trinajstić information content (AvgIpc) is 3.21. The summed E-state index contributed by atoms with van der Waals surface area (Å²) in [5.41, 5.74) is -0.428. The zero-order valence-electron chi connectivity index (χ0n) is 13.9. The molecule has 0 spiro atoms. The highest BCUT2D eigenvalue weighted by atomic mass is 16.5. The maximum Gasteiger partial charge on any atom is 0.257 e. The van der Waals surface area contributed by atoms with E-state index in [2.05, 4.69) is 26.3 Å². The van der Waals surface area contributed by atoms with Gasteiger partial charge in [-0.05, 0) is 13.8 Å². The van der Waals surface area contributed by atoms with Crippen LogP contribution in [0.5, 0.6) is 0 Å². The minimum atomic E-state index is -0.428. The summed E-state index contributed by atoms with van der Waals surface area (Å²) < 4.78 is 11.0. The van der Waals surface area contributed by atoms with Gasteiger partial charge in [0.25, 0.3) is 5.89 Å². The van der Waals surface area contributed by atoms with E-state index >= 15 is 0 Å². The molecule has 0 N–H and O–H groups in total. The topological polar surface area (TPSA) is 93.2 Å². The molecule has 1 saturated heterocycles. The Morgan fingerprint density at radius 1 is 1.42 bits per heavy atom. The van der Waals surface area contributed by atoms with Crippen LogP contribution in [0, 0.1) is 19.3 Å². The van der Waals surface area contributed by atoms with Gasteiger partial charge in [-0.15, -0.1) is 12.3 Å². The van der Waals surface area contributed by atoms with Crippen molar-refractivity contribution in [2.45, 2.75) is 57.4 Å². The van der Waals surface area contributed by atoms with Crippen molar-refractivity contribution in [3.63, 3.8) is 0 Å². The average molecular weight is 331 g/mol. The van der Waals surface area contributed by atoms with Gasteiger partial charge in [0.15, 0.2) is 17.6 Å². The summed E-state index contributed by atoms with van der Waals surface area (Å²) in [5.74, 6) is 3.61. The first-order chi connectivity index (χ1) is 11.5. The summed E-state index contributed by atoms with van der Waals surface area (Å²) in [7, 11) is 0. The molecule has 2 atom stereocenters. The third kappa shape index (κ3) is 3.79. The lowest BCUT2D eigenvalue weighted by molar-refractivity contribution is -0.147. The Morgan fingerprint density at radius 2 is 2.21 bits per heavy atom. The Bertz CT molecular complexity index is 671. The van der Waals surface area contributed by atoms with Crippen LogP contribution >= 0.6 is 0 Å². The van der Waals surface area contributed by atoms with Crippen LogP contribution in [-0.4, -0.2) is 45.8 Å². The van der Waals surface area contributed by atoms with Crippen LogP contribution in [0.15, 0.2) is 14.8 Å². The smallest absolute Gasteiger partial charge is 0.257 e. The van der Waals surface area contributed by atoms with Crippen molar-refractivity contribution >= 4 is 5.91 Å². The molecule has 2 aliphatic rings. The number of aryl methyl sites for hydroxylation is 1. The summed E-state index contributed by atoms with van der Waals surface area (Å²) in [6.07, 6.45) is 7.12. The standard InChI is InChI=1S/C16H21N5O3/c1-4-5-7-16(19-20-16)8-6-14(22)21-9-11(2)23-13(10-21)15-17-12(3)18-24-15/h1,11,13H,5-10H2,2-3H3/t11-,13-/m1/s1. The fourth-order valence-electron chi connectivity index (χ4n) is 2.87.